The van der Waals surface area contributed by atoms with Gasteiger partial charge in [0.05, 0.1) is 0 Å². The minimum Gasteiger partial charge on any atom is -0.385 e. The van der Waals surface area contributed by atoms with Crippen molar-refractivity contribution in [3.05, 3.63) is 24.0 Å². The van der Waals surface area contributed by atoms with Crippen molar-refractivity contribution in [1.29, 1.82) is 0 Å². The van der Waals surface area contributed by atoms with Gasteiger partial charge in [0.1, 0.15) is 11.5 Å². The zero-order valence-corrected chi connectivity index (χ0v) is 12.3. The Bertz CT molecular complexity index is 590. The van der Waals surface area contributed by atoms with Gasteiger partial charge in [0, 0.05) is 37.7 Å². The standard InChI is InChI=1S/C13H18N2O4S/c1-11(5-7-19-2)15-20(17,18)13-8-12(4-3-6-16)9-14-10-13/h8-11,15-16H,5-7H2,1-2H3. The van der Waals surface area contributed by atoms with Crippen molar-refractivity contribution in [3.63, 3.8) is 0 Å². The third-order valence-electron chi connectivity index (χ3n) is 2.45. The van der Waals surface area contributed by atoms with E-state index in [1.54, 1.807) is 14.0 Å². The lowest BCUT2D eigenvalue weighted by Gasteiger charge is -2.13. The molecule has 1 aromatic rings. The van der Waals surface area contributed by atoms with Crippen molar-refractivity contribution in [2.45, 2.75) is 24.3 Å². The van der Waals surface area contributed by atoms with Crippen LogP contribution in [-0.2, 0) is 14.8 Å². The number of hydrogen-bond donors (Lipinski definition) is 2. The van der Waals surface area contributed by atoms with Crippen molar-refractivity contribution in [2.24, 2.45) is 0 Å². The lowest BCUT2D eigenvalue weighted by atomic mass is 10.3. The summed E-state index contributed by atoms with van der Waals surface area (Å²) in [5.74, 6) is 5.07. The third-order valence-corrected chi connectivity index (χ3v) is 4.00. The fraction of sp³-hybridized carbons (Fsp3) is 0.462. The average Bonchev–Trinajstić information content (AvgIpc) is 2.42. The quantitative estimate of drug-likeness (QED) is 0.729. The number of nitrogens with one attached hydrogen (secondary N) is 1. The van der Waals surface area contributed by atoms with Crippen molar-refractivity contribution in [1.82, 2.24) is 9.71 Å². The summed E-state index contributed by atoms with van der Waals surface area (Å²) in [5.41, 5.74) is 0.437. The van der Waals surface area contributed by atoms with E-state index in [1.165, 1.54) is 18.5 Å². The molecule has 2 N–H and O–H groups in total. The summed E-state index contributed by atoms with van der Waals surface area (Å²) in [5, 5.41) is 8.62. The average molecular weight is 298 g/mol. The number of aliphatic hydroxyl groups excluding tert-OH is 1. The highest BCUT2D eigenvalue weighted by molar-refractivity contribution is 7.89. The Kier molecular flexibility index (Phi) is 6.61. The summed E-state index contributed by atoms with van der Waals surface area (Å²) >= 11 is 0. The minimum atomic E-state index is -3.64. The Morgan fingerprint density at radius 3 is 2.90 bits per heavy atom. The van der Waals surface area contributed by atoms with E-state index in [1.807, 2.05) is 0 Å². The monoisotopic (exact) mass is 298 g/mol. The molecule has 110 valence electrons. The highest BCUT2D eigenvalue weighted by Gasteiger charge is 2.17. The number of pyridine rings is 1. The molecule has 0 spiro atoms. The van der Waals surface area contributed by atoms with E-state index in [-0.39, 0.29) is 17.5 Å². The Labute approximate surface area is 119 Å². The highest BCUT2D eigenvalue weighted by atomic mass is 32.2. The molecule has 0 radical (unpaired) electrons. The smallest absolute Gasteiger partial charge is 0.242 e. The van der Waals surface area contributed by atoms with Gasteiger partial charge >= 0.3 is 0 Å². The van der Waals surface area contributed by atoms with Crippen LogP contribution in [-0.4, -0.2) is 44.9 Å². The van der Waals surface area contributed by atoms with E-state index in [0.717, 1.165) is 0 Å². The molecule has 20 heavy (non-hydrogen) atoms. The molecule has 1 rings (SSSR count). The van der Waals surface area contributed by atoms with Crippen molar-refractivity contribution < 1.29 is 18.3 Å². The topological polar surface area (TPSA) is 88.5 Å². The number of aliphatic hydroxyl groups is 1. The van der Waals surface area contributed by atoms with Crippen LogP contribution in [0.3, 0.4) is 0 Å². The first-order valence-corrected chi connectivity index (χ1v) is 7.54. The van der Waals surface area contributed by atoms with Gasteiger partial charge in [-0.05, 0) is 19.4 Å². The maximum absolute atomic E-state index is 12.1. The summed E-state index contributed by atoms with van der Waals surface area (Å²) in [7, 11) is -2.07. The molecule has 1 atom stereocenters. The van der Waals surface area contributed by atoms with Gasteiger partial charge in [-0.3, -0.25) is 4.98 Å². The van der Waals surface area contributed by atoms with E-state index in [9.17, 15) is 8.42 Å². The lowest BCUT2D eigenvalue weighted by Crippen LogP contribution is -2.33. The van der Waals surface area contributed by atoms with Crippen molar-refractivity contribution in [2.75, 3.05) is 20.3 Å². The third kappa shape index (κ3) is 5.27. The molecule has 1 aromatic heterocycles. The molecule has 0 amide bonds. The molecule has 0 saturated carbocycles. The molecule has 0 aromatic carbocycles. The van der Waals surface area contributed by atoms with E-state index >= 15 is 0 Å². The summed E-state index contributed by atoms with van der Waals surface area (Å²) in [6.45, 7) is 1.95. The van der Waals surface area contributed by atoms with Crippen molar-refractivity contribution >= 4 is 10.0 Å². The predicted molar refractivity (Wildman–Crippen MR) is 74.5 cm³/mol. The Hall–Kier alpha value is -1.46. The van der Waals surface area contributed by atoms with Crippen LogP contribution in [0.25, 0.3) is 0 Å². The fourth-order valence-corrected chi connectivity index (χ4v) is 2.73. The first-order chi connectivity index (χ1) is 9.49. The van der Waals surface area contributed by atoms with Crippen LogP contribution in [0.5, 0.6) is 0 Å². The summed E-state index contributed by atoms with van der Waals surface area (Å²) in [4.78, 5) is 3.89. The van der Waals surface area contributed by atoms with Crippen LogP contribution >= 0.6 is 0 Å². The maximum atomic E-state index is 12.1. The number of sulfonamides is 1. The summed E-state index contributed by atoms with van der Waals surface area (Å²) in [6, 6.07) is 1.17. The van der Waals surface area contributed by atoms with Crippen LogP contribution in [0.2, 0.25) is 0 Å². The summed E-state index contributed by atoms with van der Waals surface area (Å²) < 4.78 is 31.7. The van der Waals surface area contributed by atoms with Gasteiger partial charge in [0.2, 0.25) is 10.0 Å². The Balaban J connectivity index is 2.87. The van der Waals surface area contributed by atoms with E-state index in [0.29, 0.717) is 18.6 Å². The molecule has 0 saturated heterocycles. The van der Waals surface area contributed by atoms with Gasteiger partial charge < -0.3 is 9.84 Å². The largest absolute Gasteiger partial charge is 0.385 e. The zero-order valence-electron chi connectivity index (χ0n) is 11.5. The number of hydrogen-bond acceptors (Lipinski definition) is 5. The van der Waals surface area contributed by atoms with Crippen LogP contribution < -0.4 is 4.72 Å². The second-order valence-electron chi connectivity index (χ2n) is 4.17. The van der Waals surface area contributed by atoms with Crippen LogP contribution in [0.15, 0.2) is 23.4 Å². The zero-order chi connectivity index (χ0) is 15.0. The van der Waals surface area contributed by atoms with Crippen molar-refractivity contribution in [3.8, 4) is 11.8 Å². The second-order valence-corrected chi connectivity index (χ2v) is 5.89. The first kappa shape index (κ1) is 16.6. The molecule has 1 heterocycles. The second kappa shape index (κ2) is 7.97. The van der Waals surface area contributed by atoms with Gasteiger partial charge in [-0.1, -0.05) is 11.8 Å². The van der Waals surface area contributed by atoms with E-state index in [4.69, 9.17) is 9.84 Å². The minimum absolute atomic E-state index is 0.0477. The van der Waals surface area contributed by atoms with Gasteiger partial charge in [-0.25, -0.2) is 13.1 Å². The number of nitrogens with zero attached hydrogens (tertiary/aromatic N) is 1. The molecule has 0 aliphatic heterocycles. The molecule has 6 nitrogen and oxygen atoms in total. The number of rotatable bonds is 6. The number of methoxy groups -OCH3 is 1. The predicted octanol–water partition coefficient (Wildman–Crippen LogP) is 0.129. The molecule has 0 aliphatic rings. The lowest BCUT2D eigenvalue weighted by molar-refractivity contribution is 0.188. The fourth-order valence-electron chi connectivity index (χ4n) is 1.46. The van der Waals surface area contributed by atoms with E-state index in [2.05, 4.69) is 21.5 Å². The number of ether oxygens (including phenoxy) is 1. The molecule has 0 aliphatic carbocycles. The van der Waals surface area contributed by atoms with Crippen LogP contribution in [0.4, 0.5) is 0 Å². The Morgan fingerprint density at radius 1 is 1.50 bits per heavy atom. The maximum Gasteiger partial charge on any atom is 0.242 e. The number of aromatic nitrogens is 1. The normalized spacial score (nSPS) is 12.6. The van der Waals surface area contributed by atoms with Gasteiger partial charge in [-0.2, -0.15) is 0 Å². The molecule has 7 heteroatoms. The van der Waals surface area contributed by atoms with Crippen LogP contribution in [0.1, 0.15) is 18.9 Å². The molecular formula is C13H18N2O4S. The van der Waals surface area contributed by atoms with E-state index < -0.39 is 10.0 Å². The summed E-state index contributed by atoms with van der Waals surface area (Å²) in [6.07, 6.45) is 3.28. The molecule has 0 bridgehead atoms. The first-order valence-electron chi connectivity index (χ1n) is 6.05. The van der Waals surface area contributed by atoms with Gasteiger partial charge in [0.25, 0.3) is 0 Å². The Morgan fingerprint density at radius 2 is 2.25 bits per heavy atom. The van der Waals surface area contributed by atoms with Gasteiger partial charge in [-0.15, -0.1) is 0 Å². The van der Waals surface area contributed by atoms with Crippen LogP contribution in [0, 0.1) is 11.8 Å². The van der Waals surface area contributed by atoms with Gasteiger partial charge in [0.15, 0.2) is 0 Å². The highest BCUT2D eigenvalue weighted by Crippen LogP contribution is 2.10. The molecule has 0 fully saturated rings. The SMILES string of the molecule is COCCC(C)NS(=O)(=O)c1cncc(C#CCO)c1. The molecule has 1 unspecified atom stereocenters. The molecular weight excluding hydrogens is 280 g/mol.